The average Bonchev–Trinajstić information content (AvgIpc) is 2.48. The van der Waals surface area contributed by atoms with Gasteiger partial charge in [0.15, 0.2) is 5.66 Å². The van der Waals surface area contributed by atoms with E-state index in [9.17, 15) is 0 Å². The van der Waals surface area contributed by atoms with Gasteiger partial charge in [0.25, 0.3) is 0 Å². The van der Waals surface area contributed by atoms with Crippen LogP contribution in [0.15, 0.2) is 41.5 Å². The second-order valence-electron chi connectivity index (χ2n) is 6.52. The molecule has 114 valence electrons. The van der Waals surface area contributed by atoms with Crippen molar-refractivity contribution in [3.8, 4) is 0 Å². The van der Waals surface area contributed by atoms with Crippen LogP contribution in [0.1, 0.15) is 43.4 Å². The van der Waals surface area contributed by atoms with Gasteiger partial charge in [-0.05, 0) is 37.0 Å². The van der Waals surface area contributed by atoms with Crippen molar-refractivity contribution in [1.82, 2.24) is 9.88 Å². The molecule has 1 aromatic carbocycles. The molecule has 0 fully saturated rings. The molecule has 0 radical (unpaired) electrons. The Morgan fingerprint density at radius 2 is 1.91 bits per heavy atom. The van der Waals surface area contributed by atoms with Gasteiger partial charge in [0, 0.05) is 25.0 Å². The first-order valence-corrected chi connectivity index (χ1v) is 7.78. The zero-order chi connectivity index (χ0) is 15.9. The highest BCUT2D eigenvalue weighted by molar-refractivity contribution is 5.37. The molecular formula is C19H23N3. The van der Waals surface area contributed by atoms with E-state index in [0.29, 0.717) is 5.92 Å². The first-order chi connectivity index (χ1) is 10.4. The summed E-state index contributed by atoms with van der Waals surface area (Å²) in [6, 6.07) is 10.6. The maximum absolute atomic E-state index is 5.06. The molecule has 0 aliphatic carbocycles. The van der Waals surface area contributed by atoms with Crippen molar-refractivity contribution >= 4 is 6.20 Å². The van der Waals surface area contributed by atoms with E-state index in [-0.39, 0.29) is 0 Å². The van der Waals surface area contributed by atoms with Crippen LogP contribution in [0.5, 0.6) is 0 Å². The summed E-state index contributed by atoms with van der Waals surface area (Å²) in [6.45, 7) is 8.67. The van der Waals surface area contributed by atoms with Crippen LogP contribution in [0.2, 0.25) is 0 Å². The molecule has 3 nitrogen and oxygen atoms in total. The third kappa shape index (κ3) is 2.31. The molecule has 0 saturated carbocycles. The van der Waals surface area contributed by atoms with Crippen molar-refractivity contribution < 1.29 is 0 Å². The van der Waals surface area contributed by atoms with Gasteiger partial charge >= 0.3 is 0 Å². The minimum absolute atomic E-state index is 0.393. The first-order valence-electron chi connectivity index (χ1n) is 7.78. The summed E-state index contributed by atoms with van der Waals surface area (Å²) >= 11 is 0. The Labute approximate surface area is 132 Å². The fourth-order valence-electron chi connectivity index (χ4n) is 2.96. The first kappa shape index (κ1) is 14.8. The predicted molar refractivity (Wildman–Crippen MR) is 89.9 cm³/mol. The summed E-state index contributed by atoms with van der Waals surface area (Å²) < 4.78 is 0. The third-order valence-electron chi connectivity index (χ3n) is 4.58. The molecule has 1 atom stereocenters. The molecule has 0 saturated heterocycles. The lowest BCUT2D eigenvalue weighted by Gasteiger charge is -2.37. The number of rotatable bonds is 2. The molecule has 3 rings (SSSR count). The van der Waals surface area contributed by atoms with E-state index in [2.05, 4.69) is 81.2 Å². The summed E-state index contributed by atoms with van der Waals surface area (Å²) in [5, 5.41) is 1.92. The smallest absolute Gasteiger partial charge is 0.155 e. The molecule has 0 amide bonds. The lowest BCUT2D eigenvalue weighted by atomic mass is 9.95. The highest BCUT2D eigenvalue weighted by Crippen LogP contribution is 2.31. The molecule has 1 aromatic heterocycles. The summed E-state index contributed by atoms with van der Waals surface area (Å²) in [7, 11) is 2.07. The highest BCUT2D eigenvalue weighted by Gasteiger charge is 2.32. The SMILES string of the molecule is Cc1ccccc1C1(C)N=c2cc(C(C)C)cnc2=CN1C. The second kappa shape index (κ2) is 5.24. The summed E-state index contributed by atoms with van der Waals surface area (Å²) in [6.07, 6.45) is 4.05. The second-order valence-corrected chi connectivity index (χ2v) is 6.52. The van der Waals surface area contributed by atoms with Crippen molar-refractivity contribution in [3.63, 3.8) is 0 Å². The van der Waals surface area contributed by atoms with E-state index in [0.717, 1.165) is 10.7 Å². The van der Waals surface area contributed by atoms with Crippen molar-refractivity contribution in [1.29, 1.82) is 0 Å². The molecule has 0 bridgehead atoms. The highest BCUT2D eigenvalue weighted by atomic mass is 15.3. The maximum atomic E-state index is 5.06. The van der Waals surface area contributed by atoms with Crippen molar-refractivity contribution in [3.05, 3.63) is 63.9 Å². The molecule has 0 N–H and O–H groups in total. The van der Waals surface area contributed by atoms with Crippen LogP contribution < -0.4 is 10.7 Å². The summed E-state index contributed by atoms with van der Waals surface area (Å²) in [4.78, 5) is 11.8. The van der Waals surface area contributed by atoms with Gasteiger partial charge in [0.2, 0.25) is 0 Å². The van der Waals surface area contributed by atoms with Gasteiger partial charge in [-0.15, -0.1) is 0 Å². The molecule has 0 spiro atoms. The Bertz CT molecular complexity index is 823. The lowest BCUT2D eigenvalue weighted by molar-refractivity contribution is 0.224. The number of hydrogen-bond donors (Lipinski definition) is 0. The number of nitrogens with zero attached hydrogens (tertiary/aromatic N) is 3. The Kier molecular flexibility index (Phi) is 3.51. The van der Waals surface area contributed by atoms with E-state index < -0.39 is 5.66 Å². The van der Waals surface area contributed by atoms with Crippen molar-refractivity contribution in [2.75, 3.05) is 7.05 Å². The topological polar surface area (TPSA) is 28.5 Å². The van der Waals surface area contributed by atoms with Crippen LogP contribution in [-0.4, -0.2) is 16.9 Å². The van der Waals surface area contributed by atoms with Crippen LogP contribution in [0.3, 0.4) is 0 Å². The minimum Gasteiger partial charge on any atom is -0.351 e. The van der Waals surface area contributed by atoms with Gasteiger partial charge < -0.3 is 4.90 Å². The molecule has 3 heteroatoms. The average molecular weight is 293 g/mol. The molecule has 2 heterocycles. The van der Waals surface area contributed by atoms with E-state index in [1.807, 2.05) is 6.20 Å². The maximum Gasteiger partial charge on any atom is 0.155 e. The number of aromatic nitrogens is 1. The van der Waals surface area contributed by atoms with Crippen LogP contribution >= 0.6 is 0 Å². The van der Waals surface area contributed by atoms with Crippen molar-refractivity contribution in [2.24, 2.45) is 4.99 Å². The van der Waals surface area contributed by atoms with Gasteiger partial charge in [-0.3, -0.25) is 9.98 Å². The number of aryl methyl sites for hydroxylation is 1. The fraction of sp³-hybridized carbons (Fsp3) is 0.368. The molecule has 2 aromatic rings. The minimum atomic E-state index is -0.393. The van der Waals surface area contributed by atoms with E-state index in [1.54, 1.807) is 0 Å². The quantitative estimate of drug-likeness (QED) is 0.851. The number of pyridine rings is 1. The monoisotopic (exact) mass is 293 g/mol. The lowest BCUT2D eigenvalue weighted by Crippen LogP contribution is -2.47. The predicted octanol–water partition coefficient (Wildman–Crippen LogP) is 2.69. The Hall–Kier alpha value is -2.16. The van der Waals surface area contributed by atoms with E-state index >= 15 is 0 Å². The number of benzene rings is 1. The van der Waals surface area contributed by atoms with Crippen LogP contribution in [-0.2, 0) is 5.66 Å². The number of hydrogen-bond acceptors (Lipinski definition) is 3. The van der Waals surface area contributed by atoms with Gasteiger partial charge in [0.1, 0.15) is 5.35 Å². The van der Waals surface area contributed by atoms with Crippen LogP contribution in [0.25, 0.3) is 6.20 Å². The zero-order valence-corrected chi connectivity index (χ0v) is 14.0. The van der Waals surface area contributed by atoms with Gasteiger partial charge in [-0.2, -0.15) is 0 Å². The number of fused-ring (bicyclic) bond motifs is 1. The van der Waals surface area contributed by atoms with Crippen LogP contribution in [0, 0.1) is 6.92 Å². The standard InChI is InChI=1S/C19H23N3/c1-13(2)15-10-17-18(20-11-15)12-22(5)19(4,21-17)16-9-7-6-8-14(16)3/h6-13H,1-5H3. The largest absolute Gasteiger partial charge is 0.351 e. The Morgan fingerprint density at radius 3 is 2.59 bits per heavy atom. The van der Waals surface area contributed by atoms with E-state index in [1.165, 1.54) is 16.7 Å². The molecular weight excluding hydrogens is 270 g/mol. The fourth-order valence-corrected chi connectivity index (χ4v) is 2.96. The molecule has 1 aliphatic rings. The third-order valence-corrected chi connectivity index (χ3v) is 4.58. The molecule has 1 aliphatic heterocycles. The summed E-state index contributed by atoms with van der Waals surface area (Å²) in [5.74, 6) is 0.456. The van der Waals surface area contributed by atoms with Gasteiger partial charge in [-0.25, -0.2) is 0 Å². The van der Waals surface area contributed by atoms with Crippen molar-refractivity contribution in [2.45, 2.75) is 39.3 Å². The normalized spacial score (nSPS) is 20.4. The Balaban J connectivity index is 2.24. The Morgan fingerprint density at radius 1 is 1.18 bits per heavy atom. The van der Waals surface area contributed by atoms with Gasteiger partial charge in [-0.1, -0.05) is 38.1 Å². The van der Waals surface area contributed by atoms with Crippen LogP contribution in [0.4, 0.5) is 0 Å². The van der Waals surface area contributed by atoms with Gasteiger partial charge in [0.05, 0.1) is 5.36 Å². The van der Waals surface area contributed by atoms with E-state index in [4.69, 9.17) is 4.99 Å². The summed E-state index contributed by atoms with van der Waals surface area (Å²) in [5.41, 5.74) is 3.32. The molecule has 1 unspecified atom stereocenters. The zero-order valence-electron chi connectivity index (χ0n) is 14.0. The molecule has 22 heavy (non-hydrogen) atoms.